The highest BCUT2D eigenvalue weighted by Crippen LogP contribution is 2.32. The summed E-state index contributed by atoms with van der Waals surface area (Å²) in [6, 6.07) is 3.60. The number of rotatable bonds is 3. The van der Waals surface area contributed by atoms with E-state index in [4.69, 9.17) is 4.74 Å². The number of benzene rings is 1. The van der Waals surface area contributed by atoms with Gasteiger partial charge < -0.3 is 15.4 Å². The quantitative estimate of drug-likeness (QED) is 0.872. The number of halogens is 1. The van der Waals surface area contributed by atoms with Crippen LogP contribution in [0.25, 0.3) is 0 Å². The van der Waals surface area contributed by atoms with Crippen molar-refractivity contribution in [3.63, 3.8) is 0 Å². The van der Waals surface area contributed by atoms with Crippen molar-refractivity contribution < 1.29 is 14.3 Å². The number of hydrogen-bond acceptors (Lipinski definition) is 3. The highest BCUT2D eigenvalue weighted by atomic mass is 79.9. The molecule has 6 heteroatoms. The molecule has 1 atom stereocenters. The second kappa shape index (κ2) is 5.44. The first-order chi connectivity index (χ1) is 9.63. The van der Waals surface area contributed by atoms with E-state index in [-0.39, 0.29) is 11.8 Å². The van der Waals surface area contributed by atoms with Gasteiger partial charge in [0.05, 0.1) is 6.61 Å². The minimum absolute atomic E-state index is 0.0585. The summed E-state index contributed by atoms with van der Waals surface area (Å²) in [5.41, 5.74) is 2.13. The fourth-order valence-electron chi connectivity index (χ4n) is 2.59. The zero-order chi connectivity index (χ0) is 14.1. The van der Waals surface area contributed by atoms with Crippen LogP contribution in [-0.4, -0.2) is 24.5 Å². The van der Waals surface area contributed by atoms with Crippen LogP contribution in [0.2, 0.25) is 0 Å². The lowest BCUT2D eigenvalue weighted by Gasteiger charge is -2.13. The Labute approximate surface area is 125 Å². The van der Waals surface area contributed by atoms with Gasteiger partial charge in [0.2, 0.25) is 11.8 Å². The molecule has 1 aromatic rings. The fraction of sp³-hybridized carbons (Fsp3) is 0.429. The molecule has 2 amide bonds. The molecule has 0 aromatic heterocycles. The van der Waals surface area contributed by atoms with Crippen LogP contribution in [0.3, 0.4) is 0 Å². The number of carbonyl (C=O) groups is 2. The third-order valence-corrected chi connectivity index (χ3v) is 4.05. The number of fused-ring (bicyclic) bond motifs is 1. The topological polar surface area (TPSA) is 67.4 Å². The minimum Gasteiger partial charge on any atom is -0.493 e. The Kier molecular flexibility index (Phi) is 3.65. The predicted molar refractivity (Wildman–Crippen MR) is 76.4 cm³/mol. The van der Waals surface area contributed by atoms with Gasteiger partial charge in [0, 0.05) is 29.4 Å². The van der Waals surface area contributed by atoms with Gasteiger partial charge in [-0.05, 0) is 24.1 Å². The summed E-state index contributed by atoms with van der Waals surface area (Å²) in [5.74, 6) is 0.684. The van der Waals surface area contributed by atoms with Crippen LogP contribution in [0.5, 0.6) is 5.75 Å². The maximum Gasteiger partial charge on any atom is 0.242 e. The molecule has 1 aromatic carbocycles. The van der Waals surface area contributed by atoms with Gasteiger partial charge >= 0.3 is 0 Å². The largest absolute Gasteiger partial charge is 0.493 e. The first kappa shape index (κ1) is 13.4. The van der Waals surface area contributed by atoms with Crippen LogP contribution in [0.1, 0.15) is 24.0 Å². The van der Waals surface area contributed by atoms with Crippen molar-refractivity contribution in [1.29, 1.82) is 0 Å². The molecule has 1 saturated heterocycles. The van der Waals surface area contributed by atoms with E-state index in [1.165, 1.54) is 0 Å². The van der Waals surface area contributed by atoms with Crippen molar-refractivity contribution in [2.45, 2.75) is 31.8 Å². The second-order valence-corrected chi connectivity index (χ2v) is 5.94. The summed E-state index contributed by atoms with van der Waals surface area (Å²) >= 11 is 3.47. The van der Waals surface area contributed by atoms with Crippen LogP contribution >= 0.6 is 15.9 Å². The van der Waals surface area contributed by atoms with E-state index in [1.807, 2.05) is 12.1 Å². The average Bonchev–Trinajstić information content (AvgIpc) is 3.03. The first-order valence-electron chi connectivity index (χ1n) is 6.64. The molecule has 0 radical (unpaired) electrons. The normalized spacial score (nSPS) is 20.2. The van der Waals surface area contributed by atoms with Crippen molar-refractivity contribution in [2.24, 2.45) is 0 Å². The van der Waals surface area contributed by atoms with Crippen molar-refractivity contribution in [1.82, 2.24) is 10.6 Å². The number of carbonyl (C=O) groups excluding carboxylic acids is 2. The van der Waals surface area contributed by atoms with Gasteiger partial charge in [-0.25, -0.2) is 0 Å². The minimum atomic E-state index is -0.399. The molecule has 1 fully saturated rings. The molecule has 0 bridgehead atoms. The van der Waals surface area contributed by atoms with E-state index >= 15 is 0 Å². The van der Waals surface area contributed by atoms with Crippen LogP contribution in [0, 0.1) is 0 Å². The first-order valence-corrected chi connectivity index (χ1v) is 7.44. The molecular formula is C14H15BrN2O3. The highest BCUT2D eigenvalue weighted by Gasteiger charge is 2.27. The van der Waals surface area contributed by atoms with Crippen LogP contribution in [0.4, 0.5) is 0 Å². The van der Waals surface area contributed by atoms with E-state index in [9.17, 15) is 9.59 Å². The van der Waals surface area contributed by atoms with Gasteiger partial charge in [0.15, 0.2) is 0 Å². The highest BCUT2D eigenvalue weighted by molar-refractivity contribution is 9.10. The molecule has 2 aliphatic heterocycles. The standard InChI is InChI=1S/C14H15BrN2O3/c15-10-5-8-3-4-20-13(8)9(6-10)7-16-14(19)11-1-2-12(18)17-11/h5-6,11H,1-4,7H2,(H,16,19)(H,17,18). The average molecular weight is 339 g/mol. The van der Waals surface area contributed by atoms with E-state index < -0.39 is 6.04 Å². The van der Waals surface area contributed by atoms with Crippen LogP contribution < -0.4 is 15.4 Å². The molecular weight excluding hydrogens is 324 g/mol. The van der Waals surface area contributed by atoms with Gasteiger partial charge in [-0.2, -0.15) is 0 Å². The third kappa shape index (κ3) is 2.65. The Balaban J connectivity index is 1.67. The fourth-order valence-corrected chi connectivity index (χ4v) is 3.15. The van der Waals surface area contributed by atoms with E-state index in [2.05, 4.69) is 26.6 Å². The van der Waals surface area contributed by atoms with Gasteiger partial charge in [-0.1, -0.05) is 15.9 Å². The molecule has 2 aliphatic rings. The number of nitrogens with one attached hydrogen (secondary N) is 2. The Morgan fingerprint density at radius 1 is 1.45 bits per heavy atom. The zero-order valence-electron chi connectivity index (χ0n) is 10.9. The van der Waals surface area contributed by atoms with Gasteiger partial charge in [0.25, 0.3) is 0 Å². The van der Waals surface area contributed by atoms with E-state index in [0.717, 1.165) is 27.8 Å². The molecule has 2 N–H and O–H groups in total. The van der Waals surface area contributed by atoms with Crippen LogP contribution in [0.15, 0.2) is 16.6 Å². The maximum absolute atomic E-state index is 12.0. The van der Waals surface area contributed by atoms with E-state index in [0.29, 0.717) is 26.0 Å². The third-order valence-electron chi connectivity index (χ3n) is 3.59. The summed E-state index contributed by atoms with van der Waals surface area (Å²) < 4.78 is 6.60. The number of ether oxygens (including phenoxy) is 1. The van der Waals surface area contributed by atoms with Crippen LogP contribution in [-0.2, 0) is 22.6 Å². The monoisotopic (exact) mass is 338 g/mol. The van der Waals surface area contributed by atoms with Gasteiger partial charge in [0.1, 0.15) is 11.8 Å². The lowest BCUT2D eigenvalue weighted by Crippen LogP contribution is -2.41. The smallest absolute Gasteiger partial charge is 0.242 e. The second-order valence-electron chi connectivity index (χ2n) is 5.03. The van der Waals surface area contributed by atoms with Crippen molar-refractivity contribution in [3.05, 3.63) is 27.7 Å². The molecule has 3 rings (SSSR count). The number of amides is 2. The molecule has 0 aliphatic carbocycles. The van der Waals surface area contributed by atoms with Crippen molar-refractivity contribution in [2.75, 3.05) is 6.61 Å². The Morgan fingerprint density at radius 3 is 3.05 bits per heavy atom. The lowest BCUT2D eigenvalue weighted by atomic mass is 10.1. The SMILES string of the molecule is O=C1CCC(C(=O)NCc2cc(Br)cc3c2OCC3)N1. The summed E-state index contributed by atoms with van der Waals surface area (Å²) in [6.45, 7) is 1.10. The Morgan fingerprint density at radius 2 is 2.30 bits per heavy atom. The lowest BCUT2D eigenvalue weighted by molar-refractivity contribution is -0.125. The summed E-state index contributed by atoms with van der Waals surface area (Å²) in [5, 5.41) is 5.53. The molecule has 5 nitrogen and oxygen atoms in total. The number of hydrogen-bond donors (Lipinski definition) is 2. The molecule has 2 heterocycles. The van der Waals surface area contributed by atoms with Gasteiger partial charge in [-0.3, -0.25) is 9.59 Å². The molecule has 0 spiro atoms. The Hall–Kier alpha value is -1.56. The molecule has 20 heavy (non-hydrogen) atoms. The Bertz CT molecular complexity index is 574. The molecule has 106 valence electrons. The van der Waals surface area contributed by atoms with Crippen molar-refractivity contribution >= 4 is 27.7 Å². The summed E-state index contributed by atoms with van der Waals surface area (Å²) in [6.07, 6.45) is 1.89. The zero-order valence-corrected chi connectivity index (χ0v) is 12.5. The maximum atomic E-state index is 12.0. The summed E-state index contributed by atoms with van der Waals surface area (Å²) in [4.78, 5) is 23.1. The van der Waals surface area contributed by atoms with E-state index in [1.54, 1.807) is 0 Å². The predicted octanol–water partition coefficient (Wildman–Crippen LogP) is 1.28. The van der Waals surface area contributed by atoms with Crippen molar-refractivity contribution in [3.8, 4) is 5.75 Å². The molecule has 0 saturated carbocycles. The summed E-state index contributed by atoms with van der Waals surface area (Å²) in [7, 11) is 0. The molecule has 1 unspecified atom stereocenters. The van der Waals surface area contributed by atoms with Gasteiger partial charge in [-0.15, -0.1) is 0 Å².